The summed E-state index contributed by atoms with van der Waals surface area (Å²) in [7, 11) is 1.66. The van der Waals surface area contributed by atoms with Crippen molar-refractivity contribution in [3.05, 3.63) is 59.7 Å². The number of nitrogens with zero attached hydrogens (tertiary/aromatic N) is 2. The van der Waals surface area contributed by atoms with Gasteiger partial charge in [-0.15, -0.1) is 0 Å². The summed E-state index contributed by atoms with van der Waals surface area (Å²) in [6.45, 7) is 3.40. The van der Waals surface area contributed by atoms with E-state index in [-0.39, 0.29) is 11.6 Å². The third-order valence-corrected chi connectivity index (χ3v) is 5.84. The van der Waals surface area contributed by atoms with E-state index in [1.165, 1.54) is 0 Å². The van der Waals surface area contributed by atoms with E-state index in [1.54, 1.807) is 7.11 Å². The van der Waals surface area contributed by atoms with Gasteiger partial charge in [0.2, 0.25) is 0 Å². The zero-order valence-electron chi connectivity index (χ0n) is 17.0. The van der Waals surface area contributed by atoms with Gasteiger partial charge in [0.1, 0.15) is 11.4 Å². The van der Waals surface area contributed by atoms with E-state index >= 15 is 0 Å². The van der Waals surface area contributed by atoms with Crippen molar-refractivity contribution in [3.63, 3.8) is 0 Å². The van der Waals surface area contributed by atoms with Gasteiger partial charge in [0.25, 0.3) is 0 Å². The standard InChI is InChI=1S/C23H27N3O3/c1-3-17-7-4-5-10-20(17)24-22(27)26-13-11-23(12-14-26)16-21(25-29-23)18-8-6-9-19(15-18)28-2/h4-10,15H,3,11-14,16H2,1-2H3,(H,24,27). The van der Waals surface area contributed by atoms with Crippen molar-refractivity contribution in [1.29, 1.82) is 0 Å². The fourth-order valence-electron chi connectivity index (χ4n) is 4.01. The number of anilines is 1. The van der Waals surface area contributed by atoms with Crippen LogP contribution in [0.5, 0.6) is 5.75 Å². The maximum atomic E-state index is 12.7. The van der Waals surface area contributed by atoms with Crippen LogP contribution in [0.15, 0.2) is 53.7 Å². The van der Waals surface area contributed by atoms with Crippen LogP contribution < -0.4 is 10.1 Å². The number of carbonyl (C=O) groups excluding carboxylic acids is 1. The van der Waals surface area contributed by atoms with Crippen molar-refractivity contribution in [2.24, 2.45) is 5.16 Å². The van der Waals surface area contributed by atoms with Crippen molar-refractivity contribution in [3.8, 4) is 5.75 Å². The van der Waals surface area contributed by atoms with Crippen molar-refractivity contribution in [2.75, 3.05) is 25.5 Å². The van der Waals surface area contributed by atoms with Crippen LogP contribution >= 0.6 is 0 Å². The molecule has 0 atom stereocenters. The summed E-state index contributed by atoms with van der Waals surface area (Å²) < 4.78 is 5.31. The van der Waals surface area contributed by atoms with E-state index in [4.69, 9.17) is 9.57 Å². The largest absolute Gasteiger partial charge is 0.497 e. The zero-order valence-corrected chi connectivity index (χ0v) is 17.0. The molecule has 0 saturated carbocycles. The number of nitrogens with one attached hydrogen (secondary N) is 1. The number of rotatable bonds is 4. The molecule has 1 fully saturated rings. The molecule has 152 valence electrons. The average Bonchev–Trinajstić information content (AvgIpc) is 3.18. The van der Waals surface area contributed by atoms with Crippen molar-refractivity contribution in [2.45, 2.75) is 38.2 Å². The molecule has 2 aromatic rings. The van der Waals surface area contributed by atoms with Crippen molar-refractivity contribution < 1.29 is 14.4 Å². The Kier molecular flexibility index (Phi) is 5.43. The van der Waals surface area contributed by atoms with Gasteiger partial charge in [-0.25, -0.2) is 4.79 Å². The Hall–Kier alpha value is -3.02. The molecule has 2 aliphatic heterocycles. The van der Waals surface area contributed by atoms with Crippen LogP contribution in [0.25, 0.3) is 0 Å². The molecule has 6 heteroatoms. The number of carbonyl (C=O) groups is 1. The molecule has 29 heavy (non-hydrogen) atoms. The Bertz CT molecular complexity index is 917. The summed E-state index contributed by atoms with van der Waals surface area (Å²) in [6.07, 6.45) is 3.19. The number of methoxy groups -OCH3 is 1. The first-order valence-corrected chi connectivity index (χ1v) is 10.2. The molecule has 0 aliphatic carbocycles. The van der Waals surface area contributed by atoms with E-state index in [1.807, 2.05) is 53.4 Å². The van der Waals surface area contributed by atoms with Crippen LogP contribution in [-0.2, 0) is 11.3 Å². The first-order chi connectivity index (χ1) is 14.1. The molecule has 2 aliphatic rings. The second-order valence-electron chi connectivity index (χ2n) is 7.65. The number of para-hydroxylation sites is 1. The SMILES string of the molecule is CCc1ccccc1NC(=O)N1CCC2(CC1)CC(c1cccc(OC)c1)=NO2. The second kappa shape index (κ2) is 8.15. The minimum atomic E-state index is -0.309. The third-order valence-electron chi connectivity index (χ3n) is 5.84. The predicted octanol–water partition coefficient (Wildman–Crippen LogP) is 4.45. The number of hydrogen-bond acceptors (Lipinski definition) is 4. The molecular weight excluding hydrogens is 366 g/mol. The second-order valence-corrected chi connectivity index (χ2v) is 7.65. The van der Waals surface area contributed by atoms with Crippen LogP contribution in [-0.4, -0.2) is 42.4 Å². The molecule has 0 bridgehead atoms. The van der Waals surface area contributed by atoms with Gasteiger partial charge >= 0.3 is 6.03 Å². The summed E-state index contributed by atoms with van der Waals surface area (Å²) in [5.74, 6) is 0.810. The highest BCUT2D eigenvalue weighted by atomic mass is 16.7. The topological polar surface area (TPSA) is 63.2 Å². The molecule has 1 saturated heterocycles. The molecule has 2 amide bonds. The lowest BCUT2D eigenvalue weighted by atomic mass is 9.85. The molecule has 6 nitrogen and oxygen atoms in total. The first kappa shape index (κ1) is 19.3. The number of likely N-dealkylation sites (tertiary alicyclic amines) is 1. The zero-order chi connectivity index (χ0) is 20.3. The maximum Gasteiger partial charge on any atom is 0.321 e. The van der Waals surface area contributed by atoms with Gasteiger partial charge in [0.15, 0.2) is 0 Å². The van der Waals surface area contributed by atoms with Crippen LogP contribution in [0, 0.1) is 0 Å². The van der Waals surface area contributed by atoms with Crippen molar-refractivity contribution >= 4 is 17.4 Å². The summed E-state index contributed by atoms with van der Waals surface area (Å²) >= 11 is 0. The number of aryl methyl sites for hydroxylation is 1. The number of piperidine rings is 1. The lowest BCUT2D eigenvalue weighted by Crippen LogP contribution is -2.48. The minimum absolute atomic E-state index is 0.0484. The molecular formula is C23H27N3O3. The highest BCUT2D eigenvalue weighted by molar-refractivity contribution is 6.02. The molecule has 1 spiro atoms. The first-order valence-electron chi connectivity index (χ1n) is 10.2. The van der Waals surface area contributed by atoms with Gasteiger partial charge in [-0.1, -0.05) is 42.4 Å². The van der Waals surface area contributed by atoms with Gasteiger partial charge in [-0.2, -0.15) is 0 Å². The minimum Gasteiger partial charge on any atom is -0.497 e. The van der Waals surface area contributed by atoms with Crippen LogP contribution in [0.2, 0.25) is 0 Å². The summed E-state index contributed by atoms with van der Waals surface area (Å²) in [4.78, 5) is 20.5. The molecule has 2 heterocycles. The lowest BCUT2D eigenvalue weighted by molar-refractivity contribution is -0.0544. The Labute approximate surface area is 171 Å². The van der Waals surface area contributed by atoms with E-state index in [0.717, 1.165) is 54.0 Å². The highest BCUT2D eigenvalue weighted by Crippen LogP contribution is 2.36. The molecule has 0 unspecified atom stereocenters. The van der Waals surface area contributed by atoms with E-state index in [0.29, 0.717) is 13.1 Å². The van der Waals surface area contributed by atoms with Gasteiger partial charge in [-0.05, 0) is 30.2 Å². The molecule has 1 N–H and O–H groups in total. The number of benzene rings is 2. The summed E-state index contributed by atoms with van der Waals surface area (Å²) in [6, 6.07) is 15.8. The Balaban J connectivity index is 1.35. The van der Waals surface area contributed by atoms with E-state index < -0.39 is 0 Å². The van der Waals surface area contributed by atoms with Crippen LogP contribution in [0.3, 0.4) is 0 Å². The molecule has 0 aromatic heterocycles. The highest BCUT2D eigenvalue weighted by Gasteiger charge is 2.43. The Morgan fingerprint density at radius 3 is 2.76 bits per heavy atom. The average molecular weight is 393 g/mol. The maximum absolute atomic E-state index is 12.7. The number of oxime groups is 1. The fraction of sp³-hybridized carbons (Fsp3) is 0.391. The van der Waals surface area contributed by atoms with Gasteiger partial charge < -0.3 is 19.8 Å². The third kappa shape index (κ3) is 4.06. The van der Waals surface area contributed by atoms with E-state index in [2.05, 4.69) is 17.4 Å². The quantitative estimate of drug-likeness (QED) is 0.835. The lowest BCUT2D eigenvalue weighted by Gasteiger charge is -2.37. The predicted molar refractivity (Wildman–Crippen MR) is 114 cm³/mol. The molecule has 0 radical (unpaired) electrons. The number of hydrogen-bond donors (Lipinski definition) is 1. The Morgan fingerprint density at radius 1 is 1.21 bits per heavy atom. The van der Waals surface area contributed by atoms with E-state index in [9.17, 15) is 4.79 Å². The monoisotopic (exact) mass is 393 g/mol. The van der Waals surface area contributed by atoms with Crippen LogP contribution in [0.1, 0.15) is 37.3 Å². The van der Waals surface area contributed by atoms with Gasteiger partial charge in [-0.3, -0.25) is 0 Å². The van der Waals surface area contributed by atoms with Crippen LogP contribution in [0.4, 0.5) is 10.5 Å². The molecule has 2 aromatic carbocycles. The van der Waals surface area contributed by atoms with Crippen molar-refractivity contribution in [1.82, 2.24) is 4.90 Å². The molecule has 4 rings (SSSR count). The summed E-state index contributed by atoms with van der Waals surface area (Å²) in [5, 5.41) is 7.42. The number of amides is 2. The smallest absolute Gasteiger partial charge is 0.321 e. The fourth-order valence-corrected chi connectivity index (χ4v) is 4.01. The number of urea groups is 1. The number of ether oxygens (including phenoxy) is 1. The van der Waals surface area contributed by atoms with Gasteiger partial charge in [0.05, 0.1) is 12.8 Å². The summed E-state index contributed by atoms with van der Waals surface area (Å²) in [5.41, 5.74) is 3.69. The Morgan fingerprint density at radius 2 is 2.00 bits per heavy atom. The van der Waals surface area contributed by atoms with Gasteiger partial charge in [0, 0.05) is 43.6 Å². The normalized spacial score (nSPS) is 17.6.